The summed E-state index contributed by atoms with van der Waals surface area (Å²) in [5.41, 5.74) is 1.34. The van der Waals surface area contributed by atoms with Gasteiger partial charge in [-0.2, -0.15) is 0 Å². The van der Waals surface area contributed by atoms with E-state index in [4.69, 9.17) is 0 Å². The largest absolute Gasteiger partial charge is 0.324 e. The van der Waals surface area contributed by atoms with Crippen molar-refractivity contribution in [3.63, 3.8) is 0 Å². The van der Waals surface area contributed by atoms with E-state index in [1.54, 1.807) is 15.9 Å². The van der Waals surface area contributed by atoms with Crippen LogP contribution in [0.3, 0.4) is 0 Å². The Morgan fingerprint density at radius 2 is 2.07 bits per heavy atom. The highest BCUT2D eigenvalue weighted by Gasteiger charge is 2.35. The minimum atomic E-state index is -0.251. The van der Waals surface area contributed by atoms with E-state index < -0.39 is 0 Å². The van der Waals surface area contributed by atoms with Gasteiger partial charge in [0.15, 0.2) is 4.34 Å². The number of benzene rings is 1. The molecule has 4 rings (SSSR count). The van der Waals surface area contributed by atoms with Crippen molar-refractivity contribution in [2.45, 2.75) is 56.0 Å². The highest BCUT2D eigenvalue weighted by Crippen LogP contribution is 2.37. The average Bonchev–Trinajstić information content (AvgIpc) is 3.46. The average molecular weight is 446 g/mol. The van der Waals surface area contributed by atoms with Crippen LogP contribution in [0.25, 0.3) is 0 Å². The monoisotopic (exact) mass is 445 g/mol. The van der Waals surface area contributed by atoms with Crippen molar-refractivity contribution >= 4 is 57.3 Å². The normalized spacial score (nSPS) is 18.4. The molecule has 8 nitrogen and oxygen atoms in total. The van der Waals surface area contributed by atoms with Gasteiger partial charge in [0.1, 0.15) is 0 Å². The van der Waals surface area contributed by atoms with Crippen molar-refractivity contribution in [2.24, 2.45) is 0 Å². The van der Waals surface area contributed by atoms with Crippen LogP contribution in [0.2, 0.25) is 0 Å². The summed E-state index contributed by atoms with van der Waals surface area (Å²) in [6.07, 6.45) is 2.65. The first kappa shape index (κ1) is 20.8. The molecule has 1 aromatic carbocycles. The molecule has 0 radical (unpaired) electrons. The number of carbonyl (C=O) groups excluding carboxylic acids is 3. The zero-order valence-electron chi connectivity index (χ0n) is 16.8. The van der Waals surface area contributed by atoms with Gasteiger partial charge in [-0.05, 0) is 31.9 Å². The number of thioether (sulfide) groups is 1. The third kappa shape index (κ3) is 4.34. The molecule has 1 fully saturated rings. The van der Waals surface area contributed by atoms with E-state index in [2.05, 4.69) is 15.5 Å². The summed E-state index contributed by atoms with van der Waals surface area (Å²) >= 11 is 2.65. The first-order valence-corrected chi connectivity index (χ1v) is 11.8. The predicted octanol–water partition coefficient (Wildman–Crippen LogP) is 3.30. The summed E-state index contributed by atoms with van der Waals surface area (Å²) in [7, 11) is 0. The molecule has 1 N–H and O–H groups in total. The molecule has 158 valence electrons. The molecule has 1 saturated carbocycles. The maximum absolute atomic E-state index is 13.1. The Balaban J connectivity index is 1.47. The summed E-state index contributed by atoms with van der Waals surface area (Å²) in [5.74, 6) is 0.0184. The number of hydrogen-bond donors (Lipinski definition) is 1. The Bertz CT molecular complexity index is 975. The summed E-state index contributed by atoms with van der Waals surface area (Å²) in [6.45, 7) is 3.71. The van der Waals surface area contributed by atoms with E-state index in [1.807, 2.05) is 32.0 Å². The second-order valence-corrected chi connectivity index (χ2v) is 9.55. The van der Waals surface area contributed by atoms with E-state index in [0.29, 0.717) is 27.3 Å². The molecule has 2 aromatic rings. The van der Waals surface area contributed by atoms with Gasteiger partial charge in [0.2, 0.25) is 22.9 Å². The Morgan fingerprint density at radius 1 is 1.30 bits per heavy atom. The van der Waals surface area contributed by atoms with Crippen molar-refractivity contribution in [2.75, 3.05) is 20.9 Å². The maximum Gasteiger partial charge on any atom is 0.237 e. The highest BCUT2D eigenvalue weighted by atomic mass is 32.2. The zero-order chi connectivity index (χ0) is 21.3. The van der Waals surface area contributed by atoms with Crippen LogP contribution in [-0.2, 0) is 14.4 Å². The Hall–Kier alpha value is -2.46. The second kappa shape index (κ2) is 8.73. The molecular formula is C20H23N5O3S2. The number of nitrogens with one attached hydrogen (secondary N) is 1. The van der Waals surface area contributed by atoms with Gasteiger partial charge in [0, 0.05) is 24.9 Å². The van der Waals surface area contributed by atoms with Crippen LogP contribution < -0.4 is 15.1 Å². The molecule has 1 aliphatic heterocycles. The summed E-state index contributed by atoms with van der Waals surface area (Å²) in [6, 6.07) is 7.30. The fraction of sp³-hybridized carbons (Fsp3) is 0.450. The SMILES string of the molecule is CCC(=O)N(c1nnc(SCC(=O)N2c3ccccc3NC(=O)C[C@@H]2C)s1)C1CC1. The third-order valence-electron chi connectivity index (χ3n) is 5.03. The lowest BCUT2D eigenvalue weighted by Gasteiger charge is -2.27. The van der Waals surface area contributed by atoms with E-state index in [0.717, 1.165) is 12.8 Å². The van der Waals surface area contributed by atoms with Crippen molar-refractivity contribution in [3.05, 3.63) is 24.3 Å². The minimum absolute atomic E-state index is 0.0495. The number of hydrogen-bond acceptors (Lipinski definition) is 7. The number of anilines is 3. The van der Waals surface area contributed by atoms with Crippen LogP contribution in [0.1, 0.15) is 39.5 Å². The van der Waals surface area contributed by atoms with Gasteiger partial charge < -0.3 is 10.2 Å². The lowest BCUT2D eigenvalue weighted by atomic mass is 10.2. The van der Waals surface area contributed by atoms with Crippen LogP contribution >= 0.6 is 23.1 Å². The molecule has 2 heterocycles. The van der Waals surface area contributed by atoms with E-state index in [-0.39, 0.29) is 42.0 Å². The maximum atomic E-state index is 13.1. The second-order valence-electron chi connectivity index (χ2n) is 7.37. The van der Waals surface area contributed by atoms with Gasteiger partial charge in [0.05, 0.1) is 17.1 Å². The van der Waals surface area contributed by atoms with Gasteiger partial charge in [-0.25, -0.2) is 0 Å². The fourth-order valence-electron chi connectivity index (χ4n) is 3.49. The van der Waals surface area contributed by atoms with Gasteiger partial charge in [-0.1, -0.05) is 42.2 Å². The van der Waals surface area contributed by atoms with Crippen LogP contribution in [0.5, 0.6) is 0 Å². The quantitative estimate of drug-likeness (QED) is 0.541. The lowest BCUT2D eigenvalue weighted by Crippen LogP contribution is -2.40. The number of nitrogens with zero attached hydrogens (tertiary/aromatic N) is 4. The van der Waals surface area contributed by atoms with Gasteiger partial charge >= 0.3 is 0 Å². The van der Waals surface area contributed by atoms with E-state index >= 15 is 0 Å². The topological polar surface area (TPSA) is 95.5 Å². The molecule has 1 atom stereocenters. The molecule has 1 aliphatic carbocycles. The molecule has 0 spiro atoms. The number of aromatic nitrogens is 2. The molecule has 3 amide bonds. The summed E-state index contributed by atoms with van der Waals surface area (Å²) in [4.78, 5) is 40.9. The number of fused-ring (bicyclic) bond motifs is 1. The third-order valence-corrected chi connectivity index (χ3v) is 7.07. The first-order valence-electron chi connectivity index (χ1n) is 9.97. The van der Waals surface area contributed by atoms with Gasteiger partial charge in [-0.15, -0.1) is 10.2 Å². The fourth-order valence-corrected chi connectivity index (χ4v) is 5.28. The first-order chi connectivity index (χ1) is 14.5. The molecule has 10 heteroatoms. The number of para-hydroxylation sites is 2. The van der Waals surface area contributed by atoms with Crippen molar-refractivity contribution in [1.82, 2.24) is 10.2 Å². The van der Waals surface area contributed by atoms with Gasteiger partial charge in [0.25, 0.3) is 0 Å². The smallest absolute Gasteiger partial charge is 0.237 e. The molecule has 1 aromatic heterocycles. The highest BCUT2D eigenvalue weighted by molar-refractivity contribution is 8.01. The lowest BCUT2D eigenvalue weighted by molar-refractivity contribution is -0.119. The molecule has 30 heavy (non-hydrogen) atoms. The van der Waals surface area contributed by atoms with Crippen LogP contribution in [0, 0.1) is 0 Å². The van der Waals surface area contributed by atoms with E-state index in [1.165, 1.54) is 23.1 Å². The Morgan fingerprint density at radius 3 is 2.80 bits per heavy atom. The minimum Gasteiger partial charge on any atom is -0.324 e. The van der Waals surface area contributed by atoms with E-state index in [9.17, 15) is 14.4 Å². The Kier molecular flexibility index (Phi) is 6.05. The van der Waals surface area contributed by atoms with Crippen molar-refractivity contribution in [3.8, 4) is 0 Å². The van der Waals surface area contributed by atoms with Crippen molar-refractivity contribution < 1.29 is 14.4 Å². The summed E-state index contributed by atoms with van der Waals surface area (Å²) in [5, 5.41) is 11.8. The number of carbonyl (C=O) groups is 3. The van der Waals surface area contributed by atoms with Crippen molar-refractivity contribution in [1.29, 1.82) is 0 Å². The standard InChI is InChI=1S/C20H23N5O3S2/c1-3-17(27)25(13-8-9-13)19-22-23-20(30-19)29-11-18(28)24-12(2)10-16(26)21-14-6-4-5-7-15(14)24/h4-7,12-13H,3,8-11H2,1-2H3,(H,21,26)/t12-/m0/s1. The molecule has 2 aliphatic rings. The predicted molar refractivity (Wildman–Crippen MR) is 118 cm³/mol. The van der Waals surface area contributed by atoms with Crippen LogP contribution in [0.15, 0.2) is 28.6 Å². The molecule has 0 saturated heterocycles. The molecular weight excluding hydrogens is 422 g/mol. The molecule has 0 bridgehead atoms. The van der Waals surface area contributed by atoms with Crippen LogP contribution in [-0.4, -0.2) is 45.8 Å². The van der Waals surface area contributed by atoms with Gasteiger partial charge in [-0.3, -0.25) is 19.3 Å². The Labute approximate surface area is 183 Å². The number of rotatable bonds is 6. The van der Waals surface area contributed by atoms with Crippen LogP contribution in [0.4, 0.5) is 16.5 Å². The number of amides is 3. The molecule has 0 unspecified atom stereocenters. The zero-order valence-corrected chi connectivity index (χ0v) is 18.5. The summed E-state index contributed by atoms with van der Waals surface area (Å²) < 4.78 is 0.651.